The number of benzene rings is 1. The van der Waals surface area contributed by atoms with Gasteiger partial charge in [0.1, 0.15) is 11.4 Å². The third-order valence-corrected chi connectivity index (χ3v) is 3.15. The third-order valence-electron chi connectivity index (χ3n) is 3.15. The zero-order valence-corrected chi connectivity index (χ0v) is 9.30. The van der Waals surface area contributed by atoms with Crippen LogP contribution in [-0.4, -0.2) is 13.2 Å². The topological polar surface area (TPSA) is 38.7 Å². The van der Waals surface area contributed by atoms with Gasteiger partial charge >= 0.3 is 0 Å². The standard InChI is InChI=1S/C12H11F2NO2/c1-17-11-9(5-8(13)6-10(11)14)12(15-7-16)3-2-4-12/h5-6H,2-4H2,1H3. The Labute approximate surface area is 97.1 Å². The van der Waals surface area contributed by atoms with Crippen LogP contribution in [0.3, 0.4) is 0 Å². The molecule has 17 heavy (non-hydrogen) atoms. The average molecular weight is 239 g/mol. The number of carbonyl (C=O) groups excluding carboxylic acids is 1. The third kappa shape index (κ3) is 1.83. The normalized spacial score (nSPS) is 16.9. The fourth-order valence-corrected chi connectivity index (χ4v) is 2.15. The van der Waals surface area contributed by atoms with Gasteiger partial charge in [-0.2, -0.15) is 4.99 Å². The lowest BCUT2D eigenvalue weighted by molar-refractivity contribution is 0.242. The van der Waals surface area contributed by atoms with Crippen molar-refractivity contribution in [1.29, 1.82) is 0 Å². The minimum absolute atomic E-state index is 0.0508. The molecule has 0 aromatic heterocycles. The first-order valence-corrected chi connectivity index (χ1v) is 5.25. The zero-order chi connectivity index (χ0) is 12.5. The Balaban J connectivity index is 2.60. The van der Waals surface area contributed by atoms with E-state index in [1.807, 2.05) is 0 Å². The Morgan fingerprint density at radius 2 is 2.12 bits per heavy atom. The molecule has 0 aliphatic heterocycles. The Hall–Kier alpha value is -1.74. The highest BCUT2D eigenvalue weighted by atomic mass is 19.1. The molecule has 0 atom stereocenters. The molecule has 5 heteroatoms. The van der Waals surface area contributed by atoms with Gasteiger partial charge in [-0.3, -0.25) is 0 Å². The molecule has 0 N–H and O–H groups in total. The van der Waals surface area contributed by atoms with Crippen molar-refractivity contribution in [3.63, 3.8) is 0 Å². The highest BCUT2D eigenvalue weighted by Gasteiger charge is 2.42. The average Bonchev–Trinajstić information content (AvgIpc) is 2.22. The molecule has 0 radical (unpaired) electrons. The van der Waals surface area contributed by atoms with Gasteiger partial charge in [0.25, 0.3) is 0 Å². The highest BCUT2D eigenvalue weighted by Crippen LogP contribution is 2.48. The van der Waals surface area contributed by atoms with Gasteiger partial charge in [0.05, 0.1) is 7.11 Å². The number of hydrogen-bond acceptors (Lipinski definition) is 3. The molecule has 2 rings (SSSR count). The first-order chi connectivity index (χ1) is 8.13. The van der Waals surface area contributed by atoms with Crippen LogP contribution in [0, 0.1) is 11.6 Å². The Morgan fingerprint density at radius 1 is 1.41 bits per heavy atom. The van der Waals surface area contributed by atoms with E-state index in [0.717, 1.165) is 12.5 Å². The molecule has 0 amide bonds. The van der Waals surface area contributed by atoms with Gasteiger partial charge in [-0.1, -0.05) is 0 Å². The fourth-order valence-electron chi connectivity index (χ4n) is 2.15. The maximum Gasteiger partial charge on any atom is 0.235 e. The van der Waals surface area contributed by atoms with Crippen molar-refractivity contribution in [3.05, 3.63) is 29.3 Å². The van der Waals surface area contributed by atoms with E-state index in [2.05, 4.69) is 4.99 Å². The quantitative estimate of drug-likeness (QED) is 0.600. The molecule has 0 saturated heterocycles. The van der Waals surface area contributed by atoms with Crippen LogP contribution >= 0.6 is 0 Å². The van der Waals surface area contributed by atoms with Gasteiger partial charge in [0, 0.05) is 11.6 Å². The summed E-state index contributed by atoms with van der Waals surface area (Å²) in [6.45, 7) is 0. The predicted molar refractivity (Wildman–Crippen MR) is 56.6 cm³/mol. The molecule has 0 unspecified atom stereocenters. The molecule has 3 nitrogen and oxygen atoms in total. The van der Waals surface area contributed by atoms with E-state index in [1.54, 1.807) is 0 Å². The van der Waals surface area contributed by atoms with E-state index >= 15 is 0 Å². The van der Waals surface area contributed by atoms with Crippen LogP contribution < -0.4 is 4.74 Å². The van der Waals surface area contributed by atoms with Crippen LogP contribution in [0.5, 0.6) is 5.75 Å². The summed E-state index contributed by atoms with van der Waals surface area (Å²) in [6.07, 6.45) is 3.47. The minimum Gasteiger partial charge on any atom is -0.493 e. The molecule has 1 fully saturated rings. The summed E-state index contributed by atoms with van der Waals surface area (Å²) < 4.78 is 31.7. The molecule has 0 spiro atoms. The Bertz CT molecular complexity index is 492. The second-order valence-electron chi connectivity index (χ2n) is 4.06. The van der Waals surface area contributed by atoms with Crippen molar-refractivity contribution in [2.75, 3.05) is 7.11 Å². The highest BCUT2D eigenvalue weighted by molar-refractivity contribution is 5.46. The minimum atomic E-state index is -0.865. The smallest absolute Gasteiger partial charge is 0.235 e. The Morgan fingerprint density at radius 3 is 2.59 bits per heavy atom. The van der Waals surface area contributed by atoms with E-state index in [-0.39, 0.29) is 11.3 Å². The van der Waals surface area contributed by atoms with Crippen LogP contribution in [0.25, 0.3) is 0 Å². The number of halogens is 2. The number of aliphatic imine (C=N–C) groups is 1. The summed E-state index contributed by atoms with van der Waals surface area (Å²) in [5, 5.41) is 0. The molecule has 1 aromatic carbocycles. The first-order valence-electron chi connectivity index (χ1n) is 5.25. The summed E-state index contributed by atoms with van der Waals surface area (Å²) in [5.74, 6) is -1.54. The monoisotopic (exact) mass is 239 g/mol. The fraction of sp³-hybridized carbons (Fsp3) is 0.417. The maximum absolute atomic E-state index is 13.5. The van der Waals surface area contributed by atoms with Gasteiger partial charge in [0.15, 0.2) is 11.6 Å². The van der Waals surface area contributed by atoms with Crippen LogP contribution in [0.2, 0.25) is 0 Å². The number of rotatable bonds is 3. The van der Waals surface area contributed by atoms with Crippen molar-refractivity contribution >= 4 is 6.08 Å². The van der Waals surface area contributed by atoms with Crippen LogP contribution in [0.4, 0.5) is 8.78 Å². The van der Waals surface area contributed by atoms with Crippen molar-refractivity contribution in [1.82, 2.24) is 0 Å². The lowest BCUT2D eigenvalue weighted by atomic mass is 9.72. The second-order valence-corrected chi connectivity index (χ2v) is 4.06. The summed E-state index contributed by atoms with van der Waals surface area (Å²) >= 11 is 0. The Kier molecular flexibility index (Phi) is 2.94. The van der Waals surface area contributed by atoms with Crippen LogP contribution in [-0.2, 0) is 10.3 Å². The summed E-state index contributed by atoms with van der Waals surface area (Å²) in [6, 6.07) is 1.92. The van der Waals surface area contributed by atoms with E-state index in [4.69, 9.17) is 4.74 Å². The predicted octanol–water partition coefficient (Wildman–Crippen LogP) is 2.69. The van der Waals surface area contributed by atoms with Gasteiger partial charge in [0.2, 0.25) is 6.08 Å². The molecule has 1 aromatic rings. The number of ether oxygens (including phenoxy) is 1. The van der Waals surface area contributed by atoms with Crippen LogP contribution in [0.1, 0.15) is 24.8 Å². The van der Waals surface area contributed by atoms with Crippen LogP contribution in [0.15, 0.2) is 17.1 Å². The molecular formula is C12H11F2NO2. The molecule has 1 aliphatic carbocycles. The lowest BCUT2D eigenvalue weighted by Crippen LogP contribution is -2.32. The SMILES string of the molecule is COc1c(F)cc(F)cc1C1(N=C=O)CCC1. The van der Waals surface area contributed by atoms with Crippen molar-refractivity contribution in [2.45, 2.75) is 24.8 Å². The summed E-state index contributed by atoms with van der Waals surface area (Å²) in [4.78, 5) is 14.1. The van der Waals surface area contributed by atoms with E-state index in [0.29, 0.717) is 12.8 Å². The molecular weight excluding hydrogens is 228 g/mol. The second kappa shape index (κ2) is 4.26. The number of isocyanates is 1. The van der Waals surface area contributed by atoms with Crippen molar-refractivity contribution in [3.8, 4) is 5.75 Å². The number of nitrogens with zero attached hydrogens (tertiary/aromatic N) is 1. The van der Waals surface area contributed by atoms with E-state index < -0.39 is 17.2 Å². The zero-order valence-electron chi connectivity index (χ0n) is 9.30. The van der Waals surface area contributed by atoms with Gasteiger partial charge in [-0.25, -0.2) is 13.6 Å². The van der Waals surface area contributed by atoms with E-state index in [9.17, 15) is 13.6 Å². The molecule has 90 valence electrons. The van der Waals surface area contributed by atoms with Gasteiger partial charge in [-0.05, 0) is 25.3 Å². The van der Waals surface area contributed by atoms with Gasteiger partial charge < -0.3 is 4.74 Å². The molecule has 0 heterocycles. The summed E-state index contributed by atoms with van der Waals surface area (Å²) in [7, 11) is 1.30. The van der Waals surface area contributed by atoms with Gasteiger partial charge in [-0.15, -0.1) is 0 Å². The largest absolute Gasteiger partial charge is 0.493 e. The molecule has 1 saturated carbocycles. The molecule has 0 bridgehead atoms. The van der Waals surface area contributed by atoms with Crippen molar-refractivity contribution < 1.29 is 18.3 Å². The van der Waals surface area contributed by atoms with E-state index in [1.165, 1.54) is 19.3 Å². The first kappa shape index (κ1) is 11.7. The number of methoxy groups -OCH3 is 1. The summed E-state index contributed by atoms with van der Waals surface area (Å²) in [5.41, 5.74) is -0.581. The van der Waals surface area contributed by atoms with Crippen molar-refractivity contribution in [2.24, 2.45) is 4.99 Å². The number of hydrogen-bond donors (Lipinski definition) is 0. The molecule has 1 aliphatic rings. The maximum atomic E-state index is 13.5. The lowest BCUT2D eigenvalue weighted by Gasteiger charge is -2.37.